The van der Waals surface area contributed by atoms with E-state index in [1.807, 2.05) is 0 Å². The van der Waals surface area contributed by atoms with Gasteiger partial charge in [-0.15, -0.1) is 11.3 Å². The van der Waals surface area contributed by atoms with Gasteiger partial charge in [-0.05, 0) is 62.3 Å². The first-order valence-corrected chi connectivity index (χ1v) is 9.57. The first kappa shape index (κ1) is 15.7. The van der Waals surface area contributed by atoms with E-state index in [4.69, 9.17) is 0 Å². The number of fused-ring (bicyclic) bond motifs is 3. The minimum Gasteiger partial charge on any atom is -0.351 e. The topological polar surface area (TPSA) is 67.8 Å². The maximum atomic E-state index is 12.4. The molecule has 0 spiro atoms. The highest BCUT2D eigenvalue weighted by Crippen LogP contribution is 2.51. The Morgan fingerprint density at radius 2 is 1.88 bits per heavy atom. The summed E-state index contributed by atoms with van der Waals surface area (Å²) in [4.78, 5) is 25.6. The molecule has 0 aliphatic heterocycles. The smallest absolute Gasteiger partial charge is 0.263 e. The van der Waals surface area contributed by atoms with E-state index in [1.54, 1.807) is 24.7 Å². The number of carbonyl (C=O) groups is 1. The van der Waals surface area contributed by atoms with E-state index in [0.29, 0.717) is 21.1 Å². The van der Waals surface area contributed by atoms with Crippen LogP contribution in [0, 0.1) is 11.3 Å². The third-order valence-electron chi connectivity index (χ3n) is 5.68. The predicted octanol–water partition coefficient (Wildman–Crippen LogP) is 3.69. The fourth-order valence-corrected chi connectivity index (χ4v) is 4.91. The molecule has 2 bridgehead atoms. The molecule has 0 aromatic carbocycles. The SMILES string of the molecule is O=C(NCCC12CCC(CC1)CC2)c1cnc(-c2ncccn2)s1. The largest absolute Gasteiger partial charge is 0.351 e. The van der Waals surface area contributed by atoms with Crippen molar-refractivity contribution in [2.75, 3.05) is 6.54 Å². The summed E-state index contributed by atoms with van der Waals surface area (Å²) >= 11 is 1.34. The number of rotatable bonds is 5. The van der Waals surface area contributed by atoms with Crippen molar-refractivity contribution >= 4 is 17.2 Å². The second-order valence-electron chi connectivity index (χ2n) is 7.09. The number of carbonyl (C=O) groups excluding carboxylic acids is 1. The quantitative estimate of drug-likeness (QED) is 0.900. The fraction of sp³-hybridized carbons (Fsp3) is 0.556. The zero-order valence-electron chi connectivity index (χ0n) is 13.7. The summed E-state index contributed by atoms with van der Waals surface area (Å²) in [5.41, 5.74) is 0.499. The molecular formula is C18H22N4OS. The first-order chi connectivity index (χ1) is 11.7. The summed E-state index contributed by atoms with van der Waals surface area (Å²) in [6.07, 6.45) is 14.3. The second-order valence-corrected chi connectivity index (χ2v) is 8.12. The molecule has 0 unspecified atom stereocenters. The van der Waals surface area contributed by atoms with Crippen molar-refractivity contribution in [3.05, 3.63) is 29.5 Å². The number of hydrogen-bond donors (Lipinski definition) is 1. The highest BCUT2D eigenvalue weighted by molar-refractivity contribution is 7.16. The van der Waals surface area contributed by atoms with E-state index in [2.05, 4.69) is 20.3 Å². The van der Waals surface area contributed by atoms with Crippen molar-refractivity contribution in [1.29, 1.82) is 0 Å². The number of aromatic nitrogens is 3. The molecule has 24 heavy (non-hydrogen) atoms. The van der Waals surface area contributed by atoms with Gasteiger partial charge in [0.1, 0.15) is 4.88 Å². The summed E-state index contributed by atoms with van der Waals surface area (Å²) in [5, 5.41) is 3.76. The van der Waals surface area contributed by atoms with Gasteiger partial charge in [-0.2, -0.15) is 0 Å². The molecule has 2 heterocycles. The summed E-state index contributed by atoms with van der Waals surface area (Å²) in [5.74, 6) is 1.52. The van der Waals surface area contributed by atoms with Crippen LogP contribution in [0.25, 0.3) is 10.8 Å². The van der Waals surface area contributed by atoms with Crippen LogP contribution in [0.5, 0.6) is 0 Å². The lowest BCUT2D eigenvalue weighted by Gasteiger charge is -2.46. The lowest BCUT2D eigenvalue weighted by molar-refractivity contribution is 0.0559. The molecule has 2 aromatic rings. The van der Waals surface area contributed by atoms with Crippen molar-refractivity contribution in [3.63, 3.8) is 0 Å². The zero-order chi connectivity index (χ0) is 16.4. The minimum absolute atomic E-state index is 0.0319. The lowest BCUT2D eigenvalue weighted by atomic mass is 9.59. The molecule has 0 saturated heterocycles. The Bertz CT molecular complexity index is 693. The highest BCUT2D eigenvalue weighted by atomic mass is 32.1. The van der Waals surface area contributed by atoms with E-state index < -0.39 is 0 Å². The number of hydrogen-bond acceptors (Lipinski definition) is 5. The molecule has 1 amide bonds. The van der Waals surface area contributed by atoms with E-state index in [-0.39, 0.29) is 5.91 Å². The Morgan fingerprint density at radius 3 is 2.58 bits per heavy atom. The van der Waals surface area contributed by atoms with Crippen molar-refractivity contribution in [3.8, 4) is 10.8 Å². The third-order valence-corrected chi connectivity index (χ3v) is 6.67. The van der Waals surface area contributed by atoms with Gasteiger partial charge < -0.3 is 5.32 Å². The van der Waals surface area contributed by atoms with Crippen LogP contribution in [0.4, 0.5) is 0 Å². The van der Waals surface area contributed by atoms with E-state index >= 15 is 0 Å². The molecule has 1 N–H and O–H groups in total. The minimum atomic E-state index is -0.0319. The molecule has 3 fully saturated rings. The summed E-state index contributed by atoms with van der Waals surface area (Å²) in [6, 6.07) is 1.77. The first-order valence-electron chi connectivity index (χ1n) is 8.76. The van der Waals surface area contributed by atoms with Crippen LogP contribution in [0.15, 0.2) is 24.7 Å². The molecule has 126 valence electrons. The summed E-state index contributed by atoms with van der Waals surface area (Å²) in [6.45, 7) is 0.762. The third kappa shape index (κ3) is 3.20. The van der Waals surface area contributed by atoms with Crippen molar-refractivity contribution in [2.24, 2.45) is 11.3 Å². The Balaban J connectivity index is 1.33. The lowest BCUT2D eigenvalue weighted by Crippen LogP contribution is -2.37. The van der Waals surface area contributed by atoms with Crippen LogP contribution in [-0.4, -0.2) is 27.4 Å². The molecule has 0 atom stereocenters. The Labute approximate surface area is 146 Å². The molecular weight excluding hydrogens is 320 g/mol. The van der Waals surface area contributed by atoms with E-state index in [0.717, 1.165) is 18.9 Å². The number of nitrogens with one attached hydrogen (secondary N) is 1. The Morgan fingerprint density at radius 1 is 1.17 bits per heavy atom. The predicted molar refractivity (Wildman–Crippen MR) is 93.7 cm³/mol. The monoisotopic (exact) mass is 342 g/mol. The molecule has 3 aliphatic rings. The van der Waals surface area contributed by atoms with Crippen LogP contribution in [-0.2, 0) is 0 Å². The molecule has 6 heteroatoms. The maximum Gasteiger partial charge on any atom is 0.263 e. The van der Waals surface area contributed by atoms with Gasteiger partial charge in [-0.25, -0.2) is 15.0 Å². The highest BCUT2D eigenvalue weighted by Gasteiger charge is 2.39. The van der Waals surface area contributed by atoms with E-state index in [1.165, 1.54) is 49.9 Å². The van der Waals surface area contributed by atoms with Crippen LogP contribution >= 0.6 is 11.3 Å². The Kier molecular flexibility index (Phi) is 4.31. The van der Waals surface area contributed by atoms with Gasteiger partial charge in [-0.1, -0.05) is 0 Å². The van der Waals surface area contributed by atoms with Crippen molar-refractivity contribution in [1.82, 2.24) is 20.3 Å². The molecule has 0 radical (unpaired) electrons. The standard InChI is InChI=1S/C18H22N4OS/c23-16(14-12-22-17(24-14)15-19-9-1-10-20-15)21-11-8-18-5-2-13(3-6-18)4-7-18/h1,9-10,12-13H,2-8,11H2,(H,21,23). The molecule has 5 rings (SSSR count). The number of thiazole rings is 1. The van der Waals surface area contributed by atoms with E-state index in [9.17, 15) is 4.79 Å². The van der Waals surface area contributed by atoms with Crippen molar-refractivity contribution in [2.45, 2.75) is 44.9 Å². The molecule has 3 aliphatic carbocycles. The number of amides is 1. The zero-order valence-corrected chi connectivity index (χ0v) is 14.5. The molecule has 5 nitrogen and oxygen atoms in total. The van der Waals surface area contributed by atoms with Gasteiger partial charge in [0.25, 0.3) is 5.91 Å². The van der Waals surface area contributed by atoms with Crippen LogP contribution < -0.4 is 5.32 Å². The number of nitrogens with zero attached hydrogens (tertiary/aromatic N) is 3. The van der Waals surface area contributed by atoms with Gasteiger partial charge in [0.2, 0.25) is 0 Å². The van der Waals surface area contributed by atoms with Gasteiger partial charge in [-0.3, -0.25) is 4.79 Å². The average molecular weight is 342 g/mol. The summed E-state index contributed by atoms with van der Waals surface area (Å²) in [7, 11) is 0. The average Bonchev–Trinajstić information content (AvgIpc) is 3.14. The Hall–Kier alpha value is -1.82. The van der Waals surface area contributed by atoms with Crippen LogP contribution in [0.3, 0.4) is 0 Å². The normalized spacial score (nSPS) is 25.6. The fourth-order valence-electron chi connectivity index (χ4n) is 4.13. The van der Waals surface area contributed by atoms with Gasteiger partial charge in [0.05, 0.1) is 6.20 Å². The van der Waals surface area contributed by atoms with Gasteiger partial charge in [0.15, 0.2) is 10.8 Å². The molecule has 3 saturated carbocycles. The van der Waals surface area contributed by atoms with Crippen LogP contribution in [0.2, 0.25) is 0 Å². The van der Waals surface area contributed by atoms with Crippen molar-refractivity contribution < 1.29 is 4.79 Å². The van der Waals surface area contributed by atoms with Crippen LogP contribution in [0.1, 0.15) is 54.6 Å². The van der Waals surface area contributed by atoms with Gasteiger partial charge >= 0.3 is 0 Å². The second kappa shape index (κ2) is 6.59. The van der Waals surface area contributed by atoms with Gasteiger partial charge in [0, 0.05) is 18.9 Å². The maximum absolute atomic E-state index is 12.4. The summed E-state index contributed by atoms with van der Waals surface area (Å²) < 4.78 is 0. The molecule has 2 aromatic heterocycles.